The van der Waals surface area contributed by atoms with E-state index in [-0.39, 0.29) is 5.56 Å². The molecule has 0 unspecified atom stereocenters. The Balaban J connectivity index is 2.59. The molecule has 4 nitrogen and oxygen atoms in total. The standard InChI is InChI=1S/C8H7N3OS/c1-5-10-11-8(13-5)6-3-2-4-9-7(6)12/h2-4H,1H3,(H,9,12). The molecule has 5 heteroatoms. The highest BCUT2D eigenvalue weighted by molar-refractivity contribution is 7.14. The first-order chi connectivity index (χ1) is 6.27. The Bertz CT molecular complexity index is 474. The molecule has 2 aromatic heterocycles. The fourth-order valence-corrected chi connectivity index (χ4v) is 1.71. The molecule has 0 saturated heterocycles. The van der Waals surface area contributed by atoms with Crippen LogP contribution in [-0.2, 0) is 0 Å². The summed E-state index contributed by atoms with van der Waals surface area (Å²) in [7, 11) is 0. The fraction of sp³-hybridized carbons (Fsp3) is 0.125. The average molecular weight is 193 g/mol. The highest BCUT2D eigenvalue weighted by atomic mass is 32.1. The van der Waals surface area contributed by atoms with E-state index in [1.54, 1.807) is 18.3 Å². The largest absolute Gasteiger partial charge is 0.329 e. The van der Waals surface area contributed by atoms with Crippen LogP contribution in [0.3, 0.4) is 0 Å². The summed E-state index contributed by atoms with van der Waals surface area (Å²) < 4.78 is 0. The predicted octanol–water partition coefficient (Wildman–Crippen LogP) is 1.20. The minimum atomic E-state index is -0.126. The number of hydrogen-bond donors (Lipinski definition) is 1. The van der Waals surface area contributed by atoms with Crippen LogP contribution < -0.4 is 5.56 Å². The molecule has 0 aliphatic rings. The fourth-order valence-electron chi connectivity index (χ4n) is 0.995. The van der Waals surface area contributed by atoms with Crippen LogP contribution in [0.1, 0.15) is 5.01 Å². The summed E-state index contributed by atoms with van der Waals surface area (Å²) in [6, 6.07) is 3.51. The first kappa shape index (κ1) is 8.12. The Labute approximate surface area is 78.3 Å². The molecule has 0 amide bonds. The number of H-pyrrole nitrogens is 1. The maximum atomic E-state index is 11.3. The van der Waals surface area contributed by atoms with Gasteiger partial charge in [0, 0.05) is 6.20 Å². The number of rotatable bonds is 1. The molecule has 0 fully saturated rings. The molecule has 0 spiro atoms. The maximum Gasteiger partial charge on any atom is 0.258 e. The number of pyridine rings is 1. The lowest BCUT2D eigenvalue weighted by atomic mass is 10.3. The van der Waals surface area contributed by atoms with Crippen LogP contribution in [-0.4, -0.2) is 15.2 Å². The zero-order chi connectivity index (χ0) is 9.26. The summed E-state index contributed by atoms with van der Waals surface area (Å²) in [4.78, 5) is 13.9. The van der Waals surface area contributed by atoms with Crippen molar-refractivity contribution in [3.63, 3.8) is 0 Å². The molecule has 0 aliphatic heterocycles. The predicted molar refractivity (Wildman–Crippen MR) is 50.7 cm³/mol. The summed E-state index contributed by atoms with van der Waals surface area (Å²) in [6.45, 7) is 1.86. The van der Waals surface area contributed by atoms with Crippen LogP contribution in [0.2, 0.25) is 0 Å². The number of aromatic amines is 1. The van der Waals surface area contributed by atoms with Crippen LogP contribution in [0.5, 0.6) is 0 Å². The molecule has 2 aromatic rings. The quantitative estimate of drug-likeness (QED) is 0.740. The molecule has 0 radical (unpaired) electrons. The zero-order valence-corrected chi connectivity index (χ0v) is 7.76. The van der Waals surface area contributed by atoms with E-state index >= 15 is 0 Å². The molecule has 0 aliphatic carbocycles. The van der Waals surface area contributed by atoms with Gasteiger partial charge in [-0.2, -0.15) is 0 Å². The second-order valence-electron chi connectivity index (χ2n) is 2.54. The van der Waals surface area contributed by atoms with E-state index in [9.17, 15) is 4.79 Å². The van der Waals surface area contributed by atoms with Gasteiger partial charge in [-0.1, -0.05) is 11.3 Å². The highest BCUT2D eigenvalue weighted by Gasteiger charge is 2.06. The third-order valence-electron chi connectivity index (χ3n) is 1.57. The van der Waals surface area contributed by atoms with Crippen molar-refractivity contribution in [3.8, 4) is 10.6 Å². The van der Waals surface area contributed by atoms with E-state index in [4.69, 9.17) is 0 Å². The highest BCUT2D eigenvalue weighted by Crippen LogP contribution is 2.18. The minimum absolute atomic E-state index is 0.126. The van der Waals surface area contributed by atoms with Gasteiger partial charge in [-0.15, -0.1) is 10.2 Å². The van der Waals surface area contributed by atoms with Crippen molar-refractivity contribution in [1.82, 2.24) is 15.2 Å². The van der Waals surface area contributed by atoms with Crippen molar-refractivity contribution in [1.29, 1.82) is 0 Å². The SMILES string of the molecule is Cc1nnc(-c2ccc[nH]c2=O)s1. The summed E-state index contributed by atoms with van der Waals surface area (Å²) >= 11 is 1.41. The van der Waals surface area contributed by atoms with Crippen molar-refractivity contribution in [2.45, 2.75) is 6.92 Å². The lowest BCUT2D eigenvalue weighted by Gasteiger charge is -1.90. The summed E-state index contributed by atoms with van der Waals surface area (Å²) in [5.74, 6) is 0. The molecule has 66 valence electrons. The van der Waals surface area contributed by atoms with E-state index in [0.29, 0.717) is 10.6 Å². The molecule has 1 N–H and O–H groups in total. The normalized spacial score (nSPS) is 10.2. The van der Waals surface area contributed by atoms with E-state index in [1.807, 2.05) is 6.92 Å². The molecule has 0 atom stereocenters. The number of nitrogens with one attached hydrogen (secondary N) is 1. The first-order valence-electron chi connectivity index (χ1n) is 3.75. The van der Waals surface area contributed by atoms with Gasteiger partial charge in [0.05, 0.1) is 5.56 Å². The van der Waals surface area contributed by atoms with Gasteiger partial charge in [0.1, 0.15) is 5.01 Å². The van der Waals surface area contributed by atoms with Crippen LogP contribution >= 0.6 is 11.3 Å². The lowest BCUT2D eigenvalue weighted by molar-refractivity contribution is 1.05. The Kier molecular flexibility index (Phi) is 1.94. The average Bonchev–Trinajstić information content (AvgIpc) is 2.53. The van der Waals surface area contributed by atoms with Gasteiger partial charge in [0.2, 0.25) is 0 Å². The number of aromatic nitrogens is 3. The van der Waals surface area contributed by atoms with Gasteiger partial charge < -0.3 is 4.98 Å². The summed E-state index contributed by atoms with van der Waals surface area (Å²) in [5.41, 5.74) is 0.451. The maximum absolute atomic E-state index is 11.3. The Morgan fingerprint density at radius 2 is 2.31 bits per heavy atom. The molecular weight excluding hydrogens is 186 g/mol. The van der Waals surface area contributed by atoms with Gasteiger partial charge in [0.15, 0.2) is 5.01 Å². The van der Waals surface area contributed by atoms with Gasteiger partial charge in [-0.05, 0) is 19.1 Å². The molecule has 0 saturated carbocycles. The van der Waals surface area contributed by atoms with E-state index in [2.05, 4.69) is 15.2 Å². The third-order valence-corrected chi connectivity index (χ3v) is 2.45. The number of nitrogens with zero attached hydrogens (tertiary/aromatic N) is 2. The van der Waals surface area contributed by atoms with Crippen LogP contribution in [0, 0.1) is 6.92 Å². The van der Waals surface area contributed by atoms with E-state index < -0.39 is 0 Å². The van der Waals surface area contributed by atoms with Crippen molar-refractivity contribution < 1.29 is 0 Å². The smallest absolute Gasteiger partial charge is 0.258 e. The number of hydrogen-bond acceptors (Lipinski definition) is 4. The lowest BCUT2D eigenvalue weighted by Crippen LogP contribution is -2.06. The second-order valence-corrected chi connectivity index (χ2v) is 3.72. The van der Waals surface area contributed by atoms with Crippen LogP contribution in [0.25, 0.3) is 10.6 Å². The van der Waals surface area contributed by atoms with Crippen molar-refractivity contribution in [3.05, 3.63) is 33.7 Å². The Hall–Kier alpha value is -1.49. The van der Waals surface area contributed by atoms with Gasteiger partial charge in [0.25, 0.3) is 5.56 Å². The molecule has 0 bridgehead atoms. The summed E-state index contributed by atoms with van der Waals surface area (Å²) in [5, 5.41) is 9.27. The van der Waals surface area contributed by atoms with Crippen LogP contribution in [0.4, 0.5) is 0 Å². The van der Waals surface area contributed by atoms with Gasteiger partial charge in [-0.25, -0.2) is 0 Å². The minimum Gasteiger partial charge on any atom is -0.329 e. The molecule has 0 aromatic carbocycles. The van der Waals surface area contributed by atoms with Crippen LogP contribution in [0.15, 0.2) is 23.1 Å². The van der Waals surface area contributed by atoms with E-state index in [0.717, 1.165) is 5.01 Å². The molecule has 13 heavy (non-hydrogen) atoms. The number of aryl methyl sites for hydroxylation is 1. The Morgan fingerprint density at radius 1 is 1.46 bits per heavy atom. The van der Waals surface area contributed by atoms with Crippen molar-refractivity contribution >= 4 is 11.3 Å². The summed E-state index contributed by atoms with van der Waals surface area (Å²) in [6.07, 6.45) is 1.60. The molecule has 2 heterocycles. The first-order valence-corrected chi connectivity index (χ1v) is 4.57. The Morgan fingerprint density at radius 3 is 2.92 bits per heavy atom. The molecular formula is C8H7N3OS. The topological polar surface area (TPSA) is 58.6 Å². The molecule has 2 rings (SSSR count). The second kappa shape index (κ2) is 3.10. The van der Waals surface area contributed by atoms with Gasteiger partial charge in [-0.3, -0.25) is 4.79 Å². The zero-order valence-electron chi connectivity index (χ0n) is 6.94. The third kappa shape index (κ3) is 1.50. The van der Waals surface area contributed by atoms with E-state index in [1.165, 1.54) is 11.3 Å². The van der Waals surface area contributed by atoms with Gasteiger partial charge >= 0.3 is 0 Å². The van der Waals surface area contributed by atoms with Crippen molar-refractivity contribution in [2.75, 3.05) is 0 Å². The van der Waals surface area contributed by atoms with Crippen molar-refractivity contribution in [2.24, 2.45) is 0 Å². The monoisotopic (exact) mass is 193 g/mol.